The van der Waals surface area contributed by atoms with Crippen LogP contribution >= 0.6 is 0 Å². The summed E-state index contributed by atoms with van der Waals surface area (Å²) in [5.41, 5.74) is 0.389. The number of hydrogen-bond acceptors (Lipinski definition) is 4. The number of alkyl halides is 2. The third-order valence-electron chi connectivity index (χ3n) is 2.42. The number of anilines is 2. The molecule has 0 saturated carbocycles. The van der Waals surface area contributed by atoms with Crippen molar-refractivity contribution < 1.29 is 23.4 Å². The summed E-state index contributed by atoms with van der Waals surface area (Å²) in [4.78, 5) is 14.9. The molecule has 0 radical (unpaired) electrons. The smallest absolute Gasteiger partial charge is 0.387 e. The Hall–Kier alpha value is -2.70. The number of nitrogens with one attached hydrogen (secondary N) is 1. The van der Waals surface area contributed by atoms with Crippen LogP contribution < -0.4 is 10.1 Å². The molecule has 5 nitrogen and oxygen atoms in total. The fourth-order valence-electron chi connectivity index (χ4n) is 1.59. The monoisotopic (exact) mass is 280 g/mol. The molecule has 0 saturated heterocycles. The summed E-state index contributed by atoms with van der Waals surface area (Å²) in [7, 11) is 0. The van der Waals surface area contributed by atoms with Gasteiger partial charge in [-0.1, -0.05) is 12.1 Å². The Bertz CT molecular complexity index is 620. The van der Waals surface area contributed by atoms with Gasteiger partial charge in [0.1, 0.15) is 5.75 Å². The van der Waals surface area contributed by atoms with Gasteiger partial charge in [0.2, 0.25) is 0 Å². The van der Waals surface area contributed by atoms with E-state index < -0.39 is 12.6 Å². The number of hydrogen-bond donors (Lipinski definition) is 2. The minimum Gasteiger partial charge on any atom is -0.478 e. The average Bonchev–Trinajstić information content (AvgIpc) is 2.41. The number of benzene rings is 1. The van der Waals surface area contributed by atoms with Gasteiger partial charge in [0.15, 0.2) is 0 Å². The standard InChI is InChI=1S/C13H10F2N2O3/c14-13(15)20-11-4-2-1-3-9(11)17-10-7-16-6-5-8(10)12(18)19/h1-7,13,17H,(H,18,19). The van der Waals surface area contributed by atoms with E-state index in [1.165, 1.54) is 36.7 Å². The molecule has 2 rings (SSSR count). The number of halogens is 2. The second-order valence-corrected chi connectivity index (χ2v) is 3.73. The Morgan fingerprint density at radius 3 is 2.70 bits per heavy atom. The highest BCUT2D eigenvalue weighted by Gasteiger charge is 2.13. The molecule has 1 heterocycles. The minimum absolute atomic E-state index is 0.0214. The van der Waals surface area contributed by atoms with E-state index >= 15 is 0 Å². The molecule has 0 aliphatic carbocycles. The Morgan fingerprint density at radius 2 is 2.00 bits per heavy atom. The fraction of sp³-hybridized carbons (Fsp3) is 0.0769. The van der Waals surface area contributed by atoms with E-state index in [2.05, 4.69) is 15.0 Å². The van der Waals surface area contributed by atoms with E-state index in [1.54, 1.807) is 6.07 Å². The Labute approximate surface area is 112 Å². The van der Waals surface area contributed by atoms with Gasteiger partial charge >= 0.3 is 12.6 Å². The summed E-state index contributed by atoms with van der Waals surface area (Å²) >= 11 is 0. The van der Waals surface area contributed by atoms with E-state index in [0.29, 0.717) is 0 Å². The number of pyridine rings is 1. The molecule has 2 aromatic rings. The van der Waals surface area contributed by atoms with E-state index in [0.717, 1.165) is 0 Å². The highest BCUT2D eigenvalue weighted by atomic mass is 19.3. The highest BCUT2D eigenvalue weighted by Crippen LogP contribution is 2.29. The van der Waals surface area contributed by atoms with Gasteiger partial charge < -0.3 is 15.2 Å². The maximum atomic E-state index is 12.3. The predicted octanol–water partition coefficient (Wildman–Crippen LogP) is 3.12. The molecular formula is C13H10F2N2O3. The predicted molar refractivity (Wildman–Crippen MR) is 67.6 cm³/mol. The van der Waals surface area contributed by atoms with Crippen molar-refractivity contribution in [1.82, 2.24) is 4.98 Å². The lowest BCUT2D eigenvalue weighted by Crippen LogP contribution is -2.06. The van der Waals surface area contributed by atoms with Crippen LogP contribution in [0.5, 0.6) is 5.75 Å². The van der Waals surface area contributed by atoms with Crippen LogP contribution in [0.4, 0.5) is 20.2 Å². The quantitative estimate of drug-likeness (QED) is 0.880. The molecule has 1 aromatic carbocycles. The first-order valence-corrected chi connectivity index (χ1v) is 5.56. The van der Waals surface area contributed by atoms with Crippen LogP contribution in [0, 0.1) is 0 Å². The lowest BCUT2D eigenvalue weighted by atomic mass is 10.2. The first kappa shape index (κ1) is 13.7. The number of carboxylic acid groups (broad SMARTS) is 1. The molecule has 20 heavy (non-hydrogen) atoms. The van der Waals surface area contributed by atoms with E-state index in [1.807, 2.05) is 0 Å². The minimum atomic E-state index is -2.97. The van der Waals surface area contributed by atoms with Gasteiger partial charge in [-0.2, -0.15) is 8.78 Å². The molecule has 0 unspecified atom stereocenters. The lowest BCUT2D eigenvalue weighted by molar-refractivity contribution is -0.0493. The summed E-state index contributed by atoms with van der Waals surface area (Å²) in [5, 5.41) is 11.8. The van der Waals surface area contributed by atoms with Crippen molar-refractivity contribution in [3.8, 4) is 5.75 Å². The van der Waals surface area contributed by atoms with Crippen LogP contribution in [0.2, 0.25) is 0 Å². The molecule has 2 N–H and O–H groups in total. The zero-order valence-electron chi connectivity index (χ0n) is 10.1. The first-order valence-electron chi connectivity index (χ1n) is 5.56. The number of ether oxygens (including phenoxy) is 1. The van der Waals surface area contributed by atoms with Crippen molar-refractivity contribution >= 4 is 17.3 Å². The number of para-hydroxylation sites is 2. The number of aromatic carboxylic acids is 1. The van der Waals surface area contributed by atoms with Gasteiger partial charge in [0.05, 0.1) is 23.1 Å². The van der Waals surface area contributed by atoms with Gasteiger partial charge in [-0.05, 0) is 18.2 Å². The maximum Gasteiger partial charge on any atom is 0.387 e. The van der Waals surface area contributed by atoms with Crippen LogP contribution in [-0.2, 0) is 0 Å². The van der Waals surface area contributed by atoms with E-state index in [9.17, 15) is 13.6 Å². The van der Waals surface area contributed by atoms with Crippen LogP contribution in [0.1, 0.15) is 10.4 Å². The second kappa shape index (κ2) is 5.96. The molecule has 0 amide bonds. The molecule has 0 bridgehead atoms. The largest absolute Gasteiger partial charge is 0.478 e. The van der Waals surface area contributed by atoms with Gasteiger partial charge in [0.25, 0.3) is 0 Å². The van der Waals surface area contributed by atoms with Gasteiger partial charge in [-0.25, -0.2) is 4.79 Å². The van der Waals surface area contributed by atoms with Crippen molar-refractivity contribution in [3.63, 3.8) is 0 Å². The summed E-state index contributed by atoms with van der Waals surface area (Å²) in [6, 6.07) is 7.30. The number of nitrogens with zero attached hydrogens (tertiary/aromatic N) is 1. The normalized spacial score (nSPS) is 10.3. The van der Waals surface area contributed by atoms with Crippen LogP contribution in [0.15, 0.2) is 42.7 Å². The van der Waals surface area contributed by atoms with Crippen molar-refractivity contribution in [2.24, 2.45) is 0 Å². The Balaban J connectivity index is 2.33. The van der Waals surface area contributed by atoms with Crippen molar-refractivity contribution in [2.75, 3.05) is 5.32 Å². The second-order valence-electron chi connectivity index (χ2n) is 3.73. The molecule has 7 heteroatoms. The fourth-order valence-corrected chi connectivity index (χ4v) is 1.59. The van der Waals surface area contributed by atoms with Crippen molar-refractivity contribution in [2.45, 2.75) is 6.61 Å². The molecule has 0 aliphatic rings. The van der Waals surface area contributed by atoms with Gasteiger partial charge in [-0.15, -0.1) is 0 Å². The van der Waals surface area contributed by atoms with E-state index in [4.69, 9.17) is 5.11 Å². The zero-order valence-corrected chi connectivity index (χ0v) is 10.1. The number of carbonyl (C=O) groups is 1. The lowest BCUT2D eigenvalue weighted by Gasteiger charge is -2.13. The number of carboxylic acids is 1. The third kappa shape index (κ3) is 3.19. The van der Waals surface area contributed by atoms with Gasteiger partial charge in [-0.3, -0.25) is 4.98 Å². The molecule has 1 aromatic heterocycles. The highest BCUT2D eigenvalue weighted by molar-refractivity contribution is 5.95. The molecule has 0 spiro atoms. The molecule has 0 fully saturated rings. The number of aromatic nitrogens is 1. The maximum absolute atomic E-state index is 12.3. The number of rotatable bonds is 5. The SMILES string of the molecule is O=C(O)c1ccncc1Nc1ccccc1OC(F)F. The summed E-state index contributed by atoms with van der Waals surface area (Å²) < 4.78 is 28.9. The Kier molecular flexibility index (Phi) is 4.09. The van der Waals surface area contributed by atoms with Crippen LogP contribution in [0.3, 0.4) is 0 Å². The molecule has 104 valence electrons. The van der Waals surface area contributed by atoms with Gasteiger partial charge in [0, 0.05) is 6.20 Å². The average molecular weight is 280 g/mol. The van der Waals surface area contributed by atoms with Crippen molar-refractivity contribution in [1.29, 1.82) is 0 Å². The molecule has 0 atom stereocenters. The van der Waals surface area contributed by atoms with Crippen LogP contribution in [0.25, 0.3) is 0 Å². The van der Waals surface area contributed by atoms with Crippen molar-refractivity contribution in [3.05, 3.63) is 48.3 Å². The third-order valence-corrected chi connectivity index (χ3v) is 2.42. The first-order chi connectivity index (χ1) is 9.58. The summed E-state index contributed by atoms with van der Waals surface area (Å²) in [6.07, 6.45) is 2.62. The Morgan fingerprint density at radius 1 is 1.25 bits per heavy atom. The summed E-state index contributed by atoms with van der Waals surface area (Å²) in [6.45, 7) is -2.97. The van der Waals surface area contributed by atoms with Crippen LogP contribution in [-0.4, -0.2) is 22.7 Å². The topological polar surface area (TPSA) is 71.5 Å². The molecular weight excluding hydrogens is 270 g/mol. The molecule has 0 aliphatic heterocycles. The zero-order chi connectivity index (χ0) is 14.5. The van der Waals surface area contributed by atoms with E-state index in [-0.39, 0.29) is 22.7 Å². The summed E-state index contributed by atoms with van der Waals surface area (Å²) in [5.74, 6) is -1.23.